The van der Waals surface area contributed by atoms with Crippen LogP contribution in [-0.2, 0) is 9.84 Å². The Bertz CT molecular complexity index is 406. The molecule has 0 amide bonds. The Balaban J connectivity index is 1.76. The van der Waals surface area contributed by atoms with Gasteiger partial charge in [-0.2, -0.15) is 0 Å². The van der Waals surface area contributed by atoms with Crippen LogP contribution >= 0.6 is 11.8 Å². The molecule has 0 bridgehead atoms. The van der Waals surface area contributed by atoms with E-state index in [0.29, 0.717) is 19.0 Å². The molecule has 104 valence electrons. The molecule has 1 N–H and O–H groups in total. The van der Waals surface area contributed by atoms with Crippen LogP contribution in [0.3, 0.4) is 0 Å². The molecule has 2 aliphatic rings. The van der Waals surface area contributed by atoms with Crippen LogP contribution in [0.4, 0.5) is 0 Å². The summed E-state index contributed by atoms with van der Waals surface area (Å²) >= 11 is 1.80. The smallest absolute Gasteiger partial charge is 0.156 e. The maximum atomic E-state index is 11.0. The van der Waals surface area contributed by atoms with Gasteiger partial charge in [-0.3, -0.25) is 4.99 Å². The zero-order valence-electron chi connectivity index (χ0n) is 10.9. The molecule has 18 heavy (non-hydrogen) atoms. The Kier molecular flexibility index (Phi) is 4.95. The predicted octanol–water partition coefficient (Wildman–Crippen LogP) is 1.67. The molecular weight excluding hydrogens is 268 g/mol. The Morgan fingerprint density at radius 3 is 2.94 bits per heavy atom. The van der Waals surface area contributed by atoms with Crippen LogP contribution < -0.4 is 5.32 Å². The fourth-order valence-electron chi connectivity index (χ4n) is 2.58. The maximum absolute atomic E-state index is 11.0. The minimum atomic E-state index is -2.84. The van der Waals surface area contributed by atoms with Gasteiger partial charge in [-0.05, 0) is 25.2 Å². The summed E-state index contributed by atoms with van der Waals surface area (Å²) in [5.41, 5.74) is 0. The van der Waals surface area contributed by atoms with Crippen LogP contribution in [0.25, 0.3) is 0 Å². The topological polar surface area (TPSA) is 58.5 Å². The van der Waals surface area contributed by atoms with Gasteiger partial charge < -0.3 is 5.32 Å². The third kappa shape index (κ3) is 4.46. The average Bonchev–Trinajstić information content (AvgIpc) is 2.33. The van der Waals surface area contributed by atoms with Gasteiger partial charge in [0.25, 0.3) is 0 Å². The summed E-state index contributed by atoms with van der Waals surface area (Å²) in [5.74, 6) is 2.21. The van der Waals surface area contributed by atoms with Gasteiger partial charge in [0, 0.05) is 24.6 Å². The van der Waals surface area contributed by atoms with E-state index in [4.69, 9.17) is 0 Å². The molecule has 0 aromatic rings. The van der Waals surface area contributed by atoms with Crippen molar-refractivity contribution in [1.29, 1.82) is 0 Å². The number of amidine groups is 1. The minimum absolute atomic E-state index is 0.237. The molecule has 1 saturated heterocycles. The van der Waals surface area contributed by atoms with Gasteiger partial charge in [0.1, 0.15) is 9.84 Å². The van der Waals surface area contributed by atoms with Crippen LogP contribution in [0, 0.1) is 5.92 Å². The van der Waals surface area contributed by atoms with E-state index in [1.54, 1.807) is 11.8 Å². The first-order chi connectivity index (χ1) is 8.54. The first-order valence-electron chi connectivity index (χ1n) is 6.66. The number of nitrogens with one attached hydrogen (secondary N) is 1. The highest BCUT2D eigenvalue weighted by Crippen LogP contribution is 2.31. The standard InChI is InChI=1S/C12H22N2O2S2/c1-18(15,16)8-4-7-13-12-14-11-6-3-2-5-10(11)9-17-12/h10-11H,2-9H2,1H3,(H,13,14). The molecule has 0 aromatic carbocycles. The van der Waals surface area contributed by atoms with Crippen molar-refractivity contribution in [3.63, 3.8) is 0 Å². The van der Waals surface area contributed by atoms with Gasteiger partial charge >= 0.3 is 0 Å². The van der Waals surface area contributed by atoms with Gasteiger partial charge in [0.05, 0.1) is 5.75 Å². The summed E-state index contributed by atoms with van der Waals surface area (Å²) < 4.78 is 22.0. The molecule has 2 atom stereocenters. The van der Waals surface area contributed by atoms with Gasteiger partial charge in [-0.1, -0.05) is 24.6 Å². The highest BCUT2D eigenvalue weighted by molar-refractivity contribution is 8.13. The molecule has 1 saturated carbocycles. The van der Waals surface area contributed by atoms with Crippen molar-refractivity contribution in [2.45, 2.75) is 38.1 Å². The van der Waals surface area contributed by atoms with E-state index in [0.717, 1.165) is 11.1 Å². The molecule has 4 nitrogen and oxygen atoms in total. The number of nitrogens with zero attached hydrogens (tertiary/aromatic N) is 1. The molecule has 6 heteroatoms. The molecule has 1 heterocycles. The van der Waals surface area contributed by atoms with E-state index >= 15 is 0 Å². The van der Waals surface area contributed by atoms with E-state index in [1.807, 2.05) is 0 Å². The normalized spacial score (nSPS) is 30.8. The molecule has 0 radical (unpaired) electrons. The van der Waals surface area contributed by atoms with Crippen molar-refractivity contribution < 1.29 is 8.42 Å². The lowest BCUT2D eigenvalue weighted by Gasteiger charge is -2.36. The van der Waals surface area contributed by atoms with Crippen molar-refractivity contribution in [2.75, 3.05) is 24.3 Å². The SMILES string of the molecule is CS(=O)(=O)CCCN=C1NC2CCCCC2CS1. The van der Waals surface area contributed by atoms with Gasteiger partial charge in [-0.25, -0.2) is 8.42 Å². The lowest BCUT2D eigenvalue weighted by atomic mass is 9.86. The minimum Gasteiger partial charge on any atom is -0.362 e. The highest BCUT2D eigenvalue weighted by atomic mass is 32.2. The fourth-order valence-corrected chi connectivity index (χ4v) is 4.42. The number of rotatable bonds is 4. The Morgan fingerprint density at radius 2 is 2.17 bits per heavy atom. The quantitative estimate of drug-likeness (QED) is 0.800. The summed E-state index contributed by atoms with van der Waals surface area (Å²) in [6, 6.07) is 0.605. The molecule has 0 aromatic heterocycles. The van der Waals surface area contributed by atoms with Crippen molar-refractivity contribution in [3.8, 4) is 0 Å². The van der Waals surface area contributed by atoms with Crippen LogP contribution in [-0.4, -0.2) is 43.9 Å². The van der Waals surface area contributed by atoms with E-state index in [9.17, 15) is 8.42 Å². The highest BCUT2D eigenvalue weighted by Gasteiger charge is 2.29. The maximum Gasteiger partial charge on any atom is 0.156 e. The first kappa shape index (κ1) is 14.2. The largest absolute Gasteiger partial charge is 0.362 e. The molecule has 1 aliphatic heterocycles. The Morgan fingerprint density at radius 1 is 1.39 bits per heavy atom. The number of fused-ring (bicyclic) bond motifs is 1. The summed E-state index contributed by atoms with van der Waals surface area (Å²) in [4.78, 5) is 4.48. The van der Waals surface area contributed by atoms with Gasteiger partial charge in [0.2, 0.25) is 0 Å². The van der Waals surface area contributed by atoms with Crippen LogP contribution in [0.2, 0.25) is 0 Å². The van der Waals surface area contributed by atoms with E-state index in [-0.39, 0.29) is 5.75 Å². The Hall–Kier alpha value is -0.230. The lowest BCUT2D eigenvalue weighted by Crippen LogP contribution is -2.46. The number of thioether (sulfide) groups is 1. The third-order valence-electron chi connectivity index (χ3n) is 3.58. The number of aliphatic imine (C=N–C) groups is 1. The van der Waals surface area contributed by atoms with E-state index < -0.39 is 9.84 Å². The summed E-state index contributed by atoms with van der Waals surface area (Å²) in [5, 5.41) is 4.54. The van der Waals surface area contributed by atoms with Crippen LogP contribution in [0.15, 0.2) is 4.99 Å². The second kappa shape index (κ2) is 6.28. The zero-order valence-corrected chi connectivity index (χ0v) is 12.5. The number of sulfone groups is 1. The van der Waals surface area contributed by atoms with Crippen molar-refractivity contribution in [3.05, 3.63) is 0 Å². The summed E-state index contributed by atoms with van der Waals surface area (Å²) in [6.07, 6.45) is 7.18. The zero-order chi connectivity index (χ0) is 13.0. The summed E-state index contributed by atoms with van der Waals surface area (Å²) in [7, 11) is -2.84. The van der Waals surface area contributed by atoms with Crippen molar-refractivity contribution in [2.24, 2.45) is 10.9 Å². The predicted molar refractivity (Wildman–Crippen MR) is 78.0 cm³/mol. The second-order valence-corrected chi connectivity index (χ2v) is 8.55. The van der Waals surface area contributed by atoms with Crippen LogP contribution in [0.1, 0.15) is 32.1 Å². The molecule has 0 spiro atoms. The molecule has 2 rings (SSSR count). The monoisotopic (exact) mass is 290 g/mol. The lowest BCUT2D eigenvalue weighted by molar-refractivity contribution is 0.311. The number of hydrogen-bond acceptors (Lipinski definition) is 4. The Labute approximate surface area is 114 Å². The molecule has 2 fully saturated rings. The molecule has 2 unspecified atom stereocenters. The fraction of sp³-hybridized carbons (Fsp3) is 0.917. The number of hydrogen-bond donors (Lipinski definition) is 1. The molecule has 1 aliphatic carbocycles. The first-order valence-corrected chi connectivity index (χ1v) is 9.71. The van der Waals surface area contributed by atoms with Crippen molar-refractivity contribution in [1.82, 2.24) is 5.32 Å². The van der Waals surface area contributed by atoms with E-state index in [2.05, 4.69) is 10.3 Å². The third-order valence-corrected chi connectivity index (χ3v) is 5.73. The average molecular weight is 290 g/mol. The summed E-state index contributed by atoms with van der Waals surface area (Å²) in [6.45, 7) is 0.611. The second-order valence-electron chi connectivity index (χ2n) is 5.28. The van der Waals surface area contributed by atoms with Crippen LogP contribution in [0.5, 0.6) is 0 Å². The van der Waals surface area contributed by atoms with Gasteiger partial charge in [0.15, 0.2) is 5.17 Å². The van der Waals surface area contributed by atoms with Crippen molar-refractivity contribution >= 4 is 26.8 Å². The molecular formula is C12H22N2O2S2. The van der Waals surface area contributed by atoms with E-state index in [1.165, 1.54) is 37.7 Å². The van der Waals surface area contributed by atoms with Gasteiger partial charge in [-0.15, -0.1) is 0 Å².